The van der Waals surface area contributed by atoms with E-state index in [4.69, 9.17) is 0 Å². The lowest BCUT2D eigenvalue weighted by Gasteiger charge is -2.21. The lowest BCUT2D eigenvalue weighted by molar-refractivity contribution is -0.118. The Hall–Kier alpha value is -2.14. The van der Waals surface area contributed by atoms with Gasteiger partial charge in [-0.2, -0.15) is 0 Å². The molecule has 0 fully saturated rings. The zero-order valence-electron chi connectivity index (χ0n) is 14.0. The van der Waals surface area contributed by atoms with E-state index < -0.39 is 0 Å². The Morgan fingerprint density at radius 2 is 1.54 bits per heavy atom. The van der Waals surface area contributed by atoms with Crippen LogP contribution in [0.15, 0.2) is 53.0 Å². The van der Waals surface area contributed by atoms with Crippen LogP contribution in [0.4, 0.5) is 11.4 Å². The number of carbonyl (C=O) groups is 2. The van der Waals surface area contributed by atoms with Crippen molar-refractivity contribution in [3.63, 3.8) is 0 Å². The minimum absolute atomic E-state index is 0.0627. The molecular weight excluding hydrogens is 368 g/mol. The van der Waals surface area contributed by atoms with Crippen molar-refractivity contribution in [2.45, 2.75) is 26.7 Å². The molecule has 0 bridgehead atoms. The number of hydrogen-bond acceptors (Lipinski definition) is 2. The minimum Gasteiger partial charge on any atom is -0.326 e. The monoisotopic (exact) mass is 388 g/mol. The Morgan fingerprint density at radius 3 is 2.08 bits per heavy atom. The van der Waals surface area contributed by atoms with Gasteiger partial charge in [-0.3, -0.25) is 9.59 Å². The number of benzene rings is 2. The molecule has 4 nitrogen and oxygen atoms in total. The van der Waals surface area contributed by atoms with Crippen LogP contribution in [0.3, 0.4) is 0 Å². The average molecular weight is 389 g/mol. The van der Waals surface area contributed by atoms with Gasteiger partial charge >= 0.3 is 0 Å². The van der Waals surface area contributed by atoms with Gasteiger partial charge in [-0.15, -0.1) is 0 Å². The average Bonchev–Trinajstić information content (AvgIpc) is 2.48. The first-order chi connectivity index (χ1) is 11.4. The second-order valence-electron chi connectivity index (χ2n) is 6.02. The van der Waals surface area contributed by atoms with E-state index in [-0.39, 0.29) is 23.7 Å². The van der Waals surface area contributed by atoms with E-state index in [0.717, 1.165) is 10.0 Å². The number of rotatable bonds is 5. The molecule has 2 rings (SSSR count). The number of nitrogens with one attached hydrogen (secondary N) is 2. The standard InChI is InChI=1S/C19H21BrN2O2/c1-12(2)18(14-7-9-15(20)10-8-14)19(24)22-17-6-4-5-16(11-17)21-13(3)23/h4-12,18H,1-3H3,(H,21,23)(H,22,24). The molecule has 126 valence electrons. The molecule has 2 aromatic rings. The van der Waals surface area contributed by atoms with Crippen LogP contribution in [0.5, 0.6) is 0 Å². The molecule has 2 amide bonds. The van der Waals surface area contributed by atoms with E-state index in [1.807, 2.05) is 44.2 Å². The van der Waals surface area contributed by atoms with Gasteiger partial charge in [-0.05, 0) is 41.8 Å². The summed E-state index contributed by atoms with van der Waals surface area (Å²) in [4.78, 5) is 23.9. The lowest BCUT2D eigenvalue weighted by atomic mass is 9.87. The van der Waals surface area contributed by atoms with Crippen molar-refractivity contribution in [1.29, 1.82) is 0 Å². The smallest absolute Gasteiger partial charge is 0.232 e. The van der Waals surface area contributed by atoms with E-state index in [9.17, 15) is 9.59 Å². The predicted octanol–water partition coefficient (Wildman–Crippen LogP) is 4.79. The fourth-order valence-electron chi connectivity index (χ4n) is 2.61. The number of halogens is 1. The Balaban J connectivity index is 2.19. The van der Waals surface area contributed by atoms with Crippen molar-refractivity contribution in [1.82, 2.24) is 0 Å². The molecule has 0 saturated heterocycles. The van der Waals surface area contributed by atoms with E-state index in [1.54, 1.807) is 18.2 Å². The molecule has 0 spiro atoms. The van der Waals surface area contributed by atoms with E-state index in [0.29, 0.717) is 11.4 Å². The Kier molecular flexibility index (Phi) is 6.15. The summed E-state index contributed by atoms with van der Waals surface area (Å²) in [5.74, 6) is -0.298. The van der Waals surface area contributed by atoms with Gasteiger partial charge in [0.2, 0.25) is 11.8 Å². The van der Waals surface area contributed by atoms with Crippen LogP contribution in [0.1, 0.15) is 32.3 Å². The third-order valence-corrected chi connectivity index (χ3v) is 4.16. The third kappa shape index (κ3) is 4.93. The van der Waals surface area contributed by atoms with Gasteiger partial charge in [0.25, 0.3) is 0 Å². The number of carbonyl (C=O) groups excluding carboxylic acids is 2. The van der Waals surface area contributed by atoms with Crippen molar-refractivity contribution in [3.05, 3.63) is 58.6 Å². The van der Waals surface area contributed by atoms with Crippen molar-refractivity contribution in [2.75, 3.05) is 10.6 Å². The SMILES string of the molecule is CC(=O)Nc1cccc(NC(=O)C(c2ccc(Br)cc2)C(C)C)c1. The summed E-state index contributed by atoms with van der Waals surface area (Å²) >= 11 is 3.41. The van der Waals surface area contributed by atoms with Crippen LogP contribution in [-0.2, 0) is 9.59 Å². The van der Waals surface area contributed by atoms with Gasteiger partial charge in [0.1, 0.15) is 0 Å². The van der Waals surface area contributed by atoms with Gasteiger partial charge in [-0.1, -0.05) is 48.0 Å². The first-order valence-electron chi connectivity index (χ1n) is 7.81. The van der Waals surface area contributed by atoms with Gasteiger partial charge in [0.05, 0.1) is 5.92 Å². The zero-order chi connectivity index (χ0) is 17.7. The Morgan fingerprint density at radius 1 is 0.958 bits per heavy atom. The van der Waals surface area contributed by atoms with Crippen molar-refractivity contribution in [3.8, 4) is 0 Å². The van der Waals surface area contributed by atoms with Gasteiger partial charge in [0.15, 0.2) is 0 Å². The molecule has 5 heteroatoms. The fourth-order valence-corrected chi connectivity index (χ4v) is 2.87. The molecule has 0 aliphatic carbocycles. The summed E-state index contributed by atoms with van der Waals surface area (Å²) in [7, 11) is 0. The molecule has 1 unspecified atom stereocenters. The molecule has 0 aliphatic rings. The first kappa shape index (κ1) is 18.2. The number of amides is 2. The lowest BCUT2D eigenvalue weighted by Crippen LogP contribution is -2.25. The molecule has 0 aliphatic heterocycles. The maximum atomic E-state index is 12.8. The van der Waals surface area contributed by atoms with Crippen molar-refractivity contribution >= 4 is 39.1 Å². The molecule has 0 radical (unpaired) electrons. The van der Waals surface area contributed by atoms with Gasteiger partial charge in [0, 0.05) is 22.8 Å². The molecule has 2 aromatic carbocycles. The summed E-state index contributed by atoms with van der Waals surface area (Å²) in [6, 6.07) is 14.9. The Bertz CT molecular complexity index is 726. The molecule has 0 heterocycles. The van der Waals surface area contributed by atoms with Crippen LogP contribution in [-0.4, -0.2) is 11.8 Å². The highest BCUT2D eigenvalue weighted by Crippen LogP contribution is 2.28. The summed E-state index contributed by atoms with van der Waals surface area (Å²) in [5.41, 5.74) is 2.29. The van der Waals surface area contributed by atoms with Crippen LogP contribution >= 0.6 is 15.9 Å². The van der Waals surface area contributed by atoms with Crippen molar-refractivity contribution < 1.29 is 9.59 Å². The highest BCUT2D eigenvalue weighted by atomic mass is 79.9. The largest absolute Gasteiger partial charge is 0.326 e. The number of hydrogen-bond donors (Lipinski definition) is 2. The normalized spacial score (nSPS) is 11.9. The maximum Gasteiger partial charge on any atom is 0.232 e. The fraction of sp³-hybridized carbons (Fsp3) is 0.263. The summed E-state index contributed by atoms with van der Waals surface area (Å²) in [6.07, 6.45) is 0. The van der Waals surface area contributed by atoms with Crippen LogP contribution in [0.2, 0.25) is 0 Å². The molecule has 0 saturated carbocycles. The van der Waals surface area contributed by atoms with Crippen LogP contribution in [0.25, 0.3) is 0 Å². The van der Waals surface area contributed by atoms with E-state index >= 15 is 0 Å². The van der Waals surface area contributed by atoms with E-state index in [2.05, 4.69) is 26.6 Å². The summed E-state index contributed by atoms with van der Waals surface area (Å²) in [5, 5.41) is 5.66. The van der Waals surface area contributed by atoms with Crippen molar-refractivity contribution in [2.24, 2.45) is 5.92 Å². The predicted molar refractivity (Wildman–Crippen MR) is 101 cm³/mol. The van der Waals surface area contributed by atoms with Gasteiger partial charge in [-0.25, -0.2) is 0 Å². The quantitative estimate of drug-likeness (QED) is 0.773. The van der Waals surface area contributed by atoms with E-state index in [1.165, 1.54) is 6.92 Å². The molecule has 1 atom stereocenters. The summed E-state index contributed by atoms with van der Waals surface area (Å²) in [6.45, 7) is 5.51. The molecular formula is C19H21BrN2O2. The topological polar surface area (TPSA) is 58.2 Å². The Labute approximate surface area is 150 Å². The maximum absolute atomic E-state index is 12.8. The first-order valence-corrected chi connectivity index (χ1v) is 8.60. The molecule has 2 N–H and O–H groups in total. The minimum atomic E-state index is -0.248. The second-order valence-corrected chi connectivity index (χ2v) is 6.94. The molecule has 24 heavy (non-hydrogen) atoms. The third-order valence-electron chi connectivity index (χ3n) is 3.63. The second kappa shape index (κ2) is 8.11. The molecule has 0 aromatic heterocycles. The van der Waals surface area contributed by atoms with Gasteiger partial charge < -0.3 is 10.6 Å². The highest BCUT2D eigenvalue weighted by Gasteiger charge is 2.24. The highest BCUT2D eigenvalue weighted by molar-refractivity contribution is 9.10. The van der Waals surface area contributed by atoms with Crippen LogP contribution in [0, 0.1) is 5.92 Å². The zero-order valence-corrected chi connectivity index (χ0v) is 15.6. The summed E-state index contributed by atoms with van der Waals surface area (Å²) < 4.78 is 0.983. The van der Waals surface area contributed by atoms with Crippen LogP contribution < -0.4 is 10.6 Å². The number of anilines is 2.